The smallest absolute Gasteiger partial charge is 0.225 e. The summed E-state index contributed by atoms with van der Waals surface area (Å²) < 4.78 is 0. The van der Waals surface area contributed by atoms with E-state index in [-0.39, 0.29) is 5.91 Å². The summed E-state index contributed by atoms with van der Waals surface area (Å²) in [5, 5.41) is 9.41. The molecular weight excluding hydrogens is 340 g/mol. The van der Waals surface area contributed by atoms with Crippen LogP contribution in [0.2, 0.25) is 0 Å². The molecule has 136 valence electrons. The number of nitrogens with one attached hydrogen (secondary N) is 3. The molecule has 0 spiro atoms. The first-order valence-electron chi connectivity index (χ1n) is 8.86. The number of aromatic nitrogens is 3. The van der Waals surface area contributed by atoms with Crippen LogP contribution in [0, 0.1) is 0 Å². The van der Waals surface area contributed by atoms with E-state index >= 15 is 0 Å². The van der Waals surface area contributed by atoms with Crippen molar-refractivity contribution in [1.29, 1.82) is 0 Å². The molecule has 1 aliphatic carbocycles. The molecule has 1 amide bonds. The summed E-state index contributed by atoms with van der Waals surface area (Å²) in [5.74, 6) is 1.21. The van der Waals surface area contributed by atoms with E-state index in [1.165, 1.54) is 6.92 Å². The largest absolute Gasteiger partial charge is 0.351 e. The summed E-state index contributed by atoms with van der Waals surface area (Å²) in [4.78, 5) is 24.5. The molecule has 7 heteroatoms. The summed E-state index contributed by atoms with van der Waals surface area (Å²) in [6.07, 6.45) is 5.82. The second-order valence-electron chi connectivity index (χ2n) is 6.51. The fraction of sp³-hybridized carbons (Fsp3) is 0.200. The normalized spacial score (nSPS) is 13.1. The van der Waals surface area contributed by atoms with Crippen LogP contribution in [0.3, 0.4) is 0 Å². The molecule has 3 aromatic rings. The Kier molecular flexibility index (Phi) is 4.65. The summed E-state index contributed by atoms with van der Waals surface area (Å²) in [6, 6.07) is 13.7. The minimum atomic E-state index is -0.0941. The number of anilines is 4. The number of carbonyl (C=O) groups is 1. The zero-order valence-electron chi connectivity index (χ0n) is 14.9. The third-order valence-corrected chi connectivity index (χ3v) is 4.07. The predicted octanol–water partition coefficient (Wildman–Crippen LogP) is 3.81. The molecule has 2 heterocycles. The highest BCUT2D eigenvalue weighted by Crippen LogP contribution is 2.27. The number of rotatable bonds is 6. The minimum absolute atomic E-state index is 0.0941. The van der Waals surface area contributed by atoms with Crippen LogP contribution >= 0.6 is 0 Å². The summed E-state index contributed by atoms with van der Waals surface area (Å²) in [7, 11) is 0. The molecule has 4 rings (SSSR count). The topological polar surface area (TPSA) is 91.8 Å². The van der Waals surface area contributed by atoms with Gasteiger partial charge in [-0.05, 0) is 49.2 Å². The van der Waals surface area contributed by atoms with Gasteiger partial charge in [0.15, 0.2) is 0 Å². The first-order chi connectivity index (χ1) is 13.2. The zero-order chi connectivity index (χ0) is 18.6. The first-order valence-corrected chi connectivity index (χ1v) is 8.86. The van der Waals surface area contributed by atoms with Crippen LogP contribution in [0.1, 0.15) is 19.8 Å². The Morgan fingerprint density at radius 2 is 1.85 bits per heavy atom. The van der Waals surface area contributed by atoms with Crippen molar-refractivity contribution in [3.8, 4) is 11.3 Å². The molecule has 0 atom stereocenters. The van der Waals surface area contributed by atoms with Gasteiger partial charge in [-0.15, -0.1) is 0 Å². The number of amides is 1. The number of hydrogen-bond acceptors (Lipinski definition) is 6. The van der Waals surface area contributed by atoms with Gasteiger partial charge in [-0.25, -0.2) is 4.98 Å². The van der Waals surface area contributed by atoms with Crippen LogP contribution in [0.4, 0.5) is 23.1 Å². The molecule has 0 saturated heterocycles. The number of carbonyl (C=O) groups excluding carboxylic acids is 1. The monoisotopic (exact) mass is 360 g/mol. The second-order valence-corrected chi connectivity index (χ2v) is 6.51. The molecule has 0 bridgehead atoms. The first kappa shape index (κ1) is 17.0. The van der Waals surface area contributed by atoms with Crippen LogP contribution in [0.15, 0.2) is 54.9 Å². The second kappa shape index (κ2) is 7.41. The maximum absolute atomic E-state index is 11.1. The Hall–Kier alpha value is -3.48. The van der Waals surface area contributed by atoms with Gasteiger partial charge < -0.3 is 16.0 Å². The quantitative estimate of drug-likeness (QED) is 0.619. The molecule has 7 nitrogen and oxygen atoms in total. The van der Waals surface area contributed by atoms with E-state index < -0.39 is 0 Å². The fourth-order valence-corrected chi connectivity index (χ4v) is 2.64. The lowest BCUT2D eigenvalue weighted by Crippen LogP contribution is -2.08. The third kappa shape index (κ3) is 4.58. The van der Waals surface area contributed by atoms with E-state index in [1.54, 1.807) is 12.4 Å². The molecule has 0 radical (unpaired) electrons. The average molecular weight is 360 g/mol. The molecule has 1 saturated carbocycles. The van der Waals surface area contributed by atoms with Gasteiger partial charge in [0.25, 0.3) is 0 Å². The molecule has 27 heavy (non-hydrogen) atoms. The Labute approximate surface area is 157 Å². The van der Waals surface area contributed by atoms with Gasteiger partial charge in [-0.1, -0.05) is 0 Å². The maximum Gasteiger partial charge on any atom is 0.225 e. The van der Waals surface area contributed by atoms with Crippen LogP contribution < -0.4 is 16.0 Å². The van der Waals surface area contributed by atoms with E-state index in [0.29, 0.717) is 17.8 Å². The Morgan fingerprint density at radius 3 is 2.52 bits per heavy atom. The molecule has 0 unspecified atom stereocenters. The van der Waals surface area contributed by atoms with Crippen molar-refractivity contribution in [1.82, 2.24) is 15.0 Å². The molecule has 1 aromatic carbocycles. The molecule has 1 fully saturated rings. The van der Waals surface area contributed by atoms with Crippen molar-refractivity contribution in [3.63, 3.8) is 0 Å². The van der Waals surface area contributed by atoms with Crippen LogP contribution in [0.25, 0.3) is 11.3 Å². The van der Waals surface area contributed by atoms with E-state index in [1.807, 2.05) is 42.5 Å². The van der Waals surface area contributed by atoms with Crippen LogP contribution in [-0.2, 0) is 4.79 Å². The van der Waals surface area contributed by atoms with Gasteiger partial charge in [-0.2, -0.15) is 4.98 Å². The number of benzene rings is 1. The zero-order valence-corrected chi connectivity index (χ0v) is 14.9. The predicted molar refractivity (Wildman–Crippen MR) is 106 cm³/mol. The Bertz CT molecular complexity index is 938. The molecular formula is C20H20N6O. The lowest BCUT2D eigenvalue weighted by molar-refractivity contribution is -0.114. The van der Waals surface area contributed by atoms with Gasteiger partial charge in [0.2, 0.25) is 11.9 Å². The van der Waals surface area contributed by atoms with E-state index in [4.69, 9.17) is 0 Å². The van der Waals surface area contributed by atoms with Crippen molar-refractivity contribution in [2.24, 2.45) is 0 Å². The molecule has 2 aromatic heterocycles. The standard InChI is InChI=1S/C20H20N6O/c1-13(27)22-15-4-6-16(7-5-15)23-19-11-18(14-3-2-10-21-12-14)25-20(26-19)24-17-8-9-17/h2-7,10-12,17H,8-9H2,1H3,(H,22,27)(H2,23,24,25,26). The number of hydrogen-bond donors (Lipinski definition) is 3. The number of pyridine rings is 1. The highest BCUT2D eigenvalue weighted by molar-refractivity contribution is 5.88. The van der Waals surface area contributed by atoms with Crippen molar-refractivity contribution >= 4 is 29.0 Å². The number of nitrogens with zero attached hydrogens (tertiary/aromatic N) is 3. The summed E-state index contributed by atoms with van der Waals surface area (Å²) in [6.45, 7) is 1.49. The van der Waals surface area contributed by atoms with Gasteiger partial charge >= 0.3 is 0 Å². The Morgan fingerprint density at radius 1 is 1.07 bits per heavy atom. The summed E-state index contributed by atoms with van der Waals surface area (Å²) in [5.41, 5.74) is 3.36. The van der Waals surface area contributed by atoms with E-state index in [9.17, 15) is 4.79 Å². The van der Waals surface area contributed by atoms with Gasteiger partial charge in [0, 0.05) is 48.4 Å². The highest BCUT2D eigenvalue weighted by Gasteiger charge is 2.22. The van der Waals surface area contributed by atoms with Gasteiger partial charge in [0.05, 0.1) is 5.69 Å². The van der Waals surface area contributed by atoms with Crippen molar-refractivity contribution in [2.75, 3.05) is 16.0 Å². The molecule has 3 N–H and O–H groups in total. The van der Waals surface area contributed by atoms with Crippen LogP contribution in [0.5, 0.6) is 0 Å². The van der Waals surface area contributed by atoms with Gasteiger partial charge in [-0.3, -0.25) is 9.78 Å². The van der Waals surface area contributed by atoms with Crippen molar-refractivity contribution < 1.29 is 4.79 Å². The maximum atomic E-state index is 11.1. The fourth-order valence-electron chi connectivity index (χ4n) is 2.64. The van der Waals surface area contributed by atoms with Crippen molar-refractivity contribution in [3.05, 3.63) is 54.9 Å². The lowest BCUT2D eigenvalue weighted by Gasteiger charge is -2.11. The van der Waals surface area contributed by atoms with Crippen molar-refractivity contribution in [2.45, 2.75) is 25.8 Å². The minimum Gasteiger partial charge on any atom is -0.351 e. The molecule has 0 aliphatic heterocycles. The third-order valence-electron chi connectivity index (χ3n) is 4.07. The van der Waals surface area contributed by atoms with Crippen LogP contribution in [-0.4, -0.2) is 26.9 Å². The summed E-state index contributed by atoms with van der Waals surface area (Å²) >= 11 is 0. The molecule has 1 aliphatic rings. The lowest BCUT2D eigenvalue weighted by atomic mass is 10.2. The average Bonchev–Trinajstić information content (AvgIpc) is 3.47. The highest BCUT2D eigenvalue weighted by atomic mass is 16.1. The SMILES string of the molecule is CC(=O)Nc1ccc(Nc2cc(-c3cccnc3)nc(NC3CC3)n2)cc1. The van der Waals surface area contributed by atoms with E-state index in [2.05, 4.69) is 30.9 Å². The van der Waals surface area contributed by atoms with Gasteiger partial charge in [0.1, 0.15) is 5.82 Å². The van der Waals surface area contributed by atoms with E-state index in [0.717, 1.165) is 35.5 Å². The Balaban J connectivity index is 1.59.